The molecule has 0 aromatic heterocycles. The maximum absolute atomic E-state index is 12.3. The van der Waals surface area contributed by atoms with Crippen molar-refractivity contribution in [2.75, 3.05) is 11.9 Å². The van der Waals surface area contributed by atoms with Gasteiger partial charge >= 0.3 is 5.97 Å². The zero-order chi connectivity index (χ0) is 20.1. The monoisotopic (exact) mass is 392 g/mol. The highest BCUT2D eigenvalue weighted by atomic mass is 16.6. The van der Waals surface area contributed by atoms with E-state index in [2.05, 4.69) is 5.32 Å². The fourth-order valence-electron chi connectivity index (χ4n) is 5.96. The van der Waals surface area contributed by atoms with E-state index in [9.17, 15) is 14.9 Å². The molecule has 0 unspecified atom stereocenters. The standard InChI is InChI=1S/C23H24N2O4/c1-2-29-23(26)16-7-10-19-18(12-16)20-14-3-4-15(11-14)21(20)22(24-19)13-5-8-17(9-6-13)25(27)28/h5-10,12,14-15,20-22,24H,2-4,11H2,1H3/t14-,15-,20-,21-,22+/m0/s1. The molecule has 29 heavy (non-hydrogen) atoms. The molecule has 0 saturated heterocycles. The van der Waals surface area contributed by atoms with Gasteiger partial charge in [-0.1, -0.05) is 12.1 Å². The molecular weight excluding hydrogens is 368 g/mol. The highest BCUT2D eigenvalue weighted by Gasteiger charge is 2.53. The van der Waals surface area contributed by atoms with Crippen LogP contribution < -0.4 is 5.32 Å². The number of hydrogen-bond acceptors (Lipinski definition) is 5. The third-order valence-electron chi connectivity index (χ3n) is 7.06. The zero-order valence-corrected chi connectivity index (χ0v) is 16.3. The maximum atomic E-state index is 12.3. The van der Waals surface area contributed by atoms with E-state index in [0.29, 0.717) is 35.8 Å². The molecule has 5 rings (SSSR count). The Labute approximate surface area is 169 Å². The van der Waals surface area contributed by atoms with E-state index in [0.717, 1.165) is 11.3 Å². The minimum atomic E-state index is -0.357. The topological polar surface area (TPSA) is 81.5 Å². The first-order valence-electron chi connectivity index (χ1n) is 10.4. The van der Waals surface area contributed by atoms with E-state index in [1.807, 2.05) is 37.3 Å². The molecule has 6 heteroatoms. The van der Waals surface area contributed by atoms with Gasteiger partial charge in [0, 0.05) is 17.8 Å². The molecule has 150 valence electrons. The Kier molecular flexibility index (Phi) is 4.30. The lowest BCUT2D eigenvalue weighted by Gasteiger charge is -2.43. The number of anilines is 1. The molecule has 1 aliphatic heterocycles. The van der Waals surface area contributed by atoms with Crippen molar-refractivity contribution in [3.05, 3.63) is 69.3 Å². The van der Waals surface area contributed by atoms with Crippen LogP contribution in [0.5, 0.6) is 0 Å². The lowest BCUT2D eigenvalue weighted by atomic mass is 9.68. The van der Waals surface area contributed by atoms with Crippen LogP contribution in [0.15, 0.2) is 42.5 Å². The molecule has 0 amide bonds. The van der Waals surface area contributed by atoms with Crippen LogP contribution in [0.1, 0.15) is 59.6 Å². The van der Waals surface area contributed by atoms with Crippen LogP contribution in [-0.4, -0.2) is 17.5 Å². The summed E-state index contributed by atoms with van der Waals surface area (Å²) in [6.07, 6.45) is 3.70. The molecule has 2 aromatic rings. The third-order valence-corrected chi connectivity index (χ3v) is 7.06. The van der Waals surface area contributed by atoms with Gasteiger partial charge in [0.15, 0.2) is 0 Å². The van der Waals surface area contributed by atoms with Gasteiger partial charge in [-0.25, -0.2) is 4.79 Å². The van der Waals surface area contributed by atoms with Gasteiger partial charge in [0.25, 0.3) is 5.69 Å². The number of rotatable bonds is 4. The smallest absolute Gasteiger partial charge is 0.338 e. The summed E-state index contributed by atoms with van der Waals surface area (Å²) in [4.78, 5) is 22.9. The summed E-state index contributed by atoms with van der Waals surface area (Å²) in [6.45, 7) is 2.19. The maximum Gasteiger partial charge on any atom is 0.338 e. The zero-order valence-electron chi connectivity index (χ0n) is 16.3. The third kappa shape index (κ3) is 2.89. The van der Waals surface area contributed by atoms with E-state index in [4.69, 9.17) is 4.74 Å². The molecule has 3 aliphatic rings. The Balaban J connectivity index is 1.54. The SMILES string of the molecule is CCOC(=O)c1ccc2c(c1)[C@@H]1[C@H]3CC[C@@H](C3)[C@@H]1[C@@H](c1ccc([N+](=O)[O-])cc1)N2. The van der Waals surface area contributed by atoms with Crippen LogP contribution in [-0.2, 0) is 4.74 Å². The average Bonchev–Trinajstić information content (AvgIpc) is 3.36. The average molecular weight is 392 g/mol. The minimum Gasteiger partial charge on any atom is -0.462 e. The number of non-ortho nitro benzene ring substituents is 1. The van der Waals surface area contributed by atoms with Gasteiger partial charge in [-0.05, 0) is 79.2 Å². The fourth-order valence-corrected chi connectivity index (χ4v) is 5.96. The number of carbonyl (C=O) groups is 1. The molecule has 2 saturated carbocycles. The second kappa shape index (κ2) is 6.87. The molecule has 2 fully saturated rings. The molecule has 0 radical (unpaired) electrons. The Hall–Kier alpha value is -2.89. The summed E-state index contributed by atoms with van der Waals surface area (Å²) in [5.41, 5.74) is 4.12. The van der Waals surface area contributed by atoms with Crippen molar-refractivity contribution < 1.29 is 14.5 Å². The minimum absolute atomic E-state index is 0.119. The highest BCUT2D eigenvalue weighted by molar-refractivity contribution is 5.90. The summed E-state index contributed by atoms with van der Waals surface area (Å²) in [5, 5.41) is 14.7. The number of nitro groups is 1. The Morgan fingerprint density at radius 1 is 1.17 bits per heavy atom. The van der Waals surface area contributed by atoms with Gasteiger partial charge in [-0.2, -0.15) is 0 Å². The first kappa shape index (κ1) is 18.2. The molecule has 2 bridgehead atoms. The second-order valence-electron chi connectivity index (χ2n) is 8.43. The summed E-state index contributed by atoms with van der Waals surface area (Å²) in [6, 6.07) is 12.9. The van der Waals surface area contributed by atoms with Crippen LogP contribution in [0, 0.1) is 27.9 Å². The number of ether oxygens (including phenoxy) is 1. The quantitative estimate of drug-likeness (QED) is 0.446. The summed E-state index contributed by atoms with van der Waals surface area (Å²) in [5.74, 6) is 1.88. The fraction of sp³-hybridized carbons (Fsp3) is 0.435. The van der Waals surface area contributed by atoms with Crippen LogP contribution in [0.3, 0.4) is 0 Å². The number of carbonyl (C=O) groups excluding carboxylic acids is 1. The highest BCUT2D eigenvalue weighted by Crippen LogP contribution is 2.63. The number of nitrogens with one attached hydrogen (secondary N) is 1. The largest absolute Gasteiger partial charge is 0.462 e. The van der Waals surface area contributed by atoms with Gasteiger partial charge in [0.1, 0.15) is 0 Å². The Morgan fingerprint density at radius 2 is 1.93 bits per heavy atom. The summed E-state index contributed by atoms with van der Waals surface area (Å²) < 4.78 is 5.20. The van der Waals surface area contributed by atoms with Crippen LogP contribution in [0.4, 0.5) is 11.4 Å². The van der Waals surface area contributed by atoms with Gasteiger partial charge in [0.05, 0.1) is 23.1 Å². The van der Waals surface area contributed by atoms with Crippen molar-refractivity contribution in [3.63, 3.8) is 0 Å². The van der Waals surface area contributed by atoms with Gasteiger partial charge in [0.2, 0.25) is 0 Å². The van der Waals surface area contributed by atoms with Crippen LogP contribution in [0.2, 0.25) is 0 Å². The van der Waals surface area contributed by atoms with Gasteiger partial charge < -0.3 is 10.1 Å². The second-order valence-corrected chi connectivity index (χ2v) is 8.43. The predicted octanol–water partition coefficient (Wildman–Crippen LogP) is 5.07. The Bertz CT molecular complexity index is 971. The molecule has 1 heterocycles. The normalized spacial score (nSPS) is 28.9. The van der Waals surface area contributed by atoms with Crippen LogP contribution >= 0.6 is 0 Å². The molecule has 2 aromatic carbocycles. The molecule has 2 aliphatic carbocycles. The van der Waals surface area contributed by atoms with Crippen molar-refractivity contribution in [2.45, 2.75) is 38.1 Å². The van der Waals surface area contributed by atoms with Gasteiger partial charge in [-0.3, -0.25) is 10.1 Å². The van der Waals surface area contributed by atoms with Crippen molar-refractivity contribution in [3.8, 4) is 0 Å². The first-order chi connectivity index (χ1) is 14.1. The van der Waals surface area contributed by atoms with Gasteiger partial charge in [-0.15, -0.1) is 0 Å². The van der Waals surface area contributed by atoms with Crippen LogP contribution in [0.25, 0.3) is 0 Å². The van der Waals surface area contributed by atoms with E-state index in [1.54, 1.807) is 12.1 Å². The molecule has 5 atom stereocenters. The van der Waals surface area contributed by atoms with Crippen molar-refractivity contribution in [2.24, 2.45) is 17.8 Å². The summed E-state index contributed by atoms with van der Waals surface area (Å²) >= 11 is 0. The molecule has 1 N–H and O–H groups in total. The number of nitrogens with zero attached hydrogens (tertiary/aromatic N) is 1. The summed E-state index contributed by atoms with van der Waals surface area (Å²) in [7, 11) is 0. The van der Waals surface area contributed by atoms with E-state index in [1.165, 1.54) is 24.8 Å². The van der Waals surface area contributed by atoms with E-state index >= 15 is 0 Å². The first-order valence-corrected chi connectivity index (χ1v) is 10.4. The number of fused-ring (bicyclic) bond motifs is 7. The Morgan fingerprint density at radius 3 is 2.66 bits per heavy atom. The van der Waals surface area contributed by atoms with Crippen molar-refractivity contribution >= 4 is 17.3 Å². The predicted molar refractivity (Wildman–Crippen MR) is 109 cm³/mol. The van der Waals surface area contributed by atoms with E-state index < -0.39 is 0 Å². The molecule has 6 nitrogen and oxygen atoms in total. The van der Waals surface area contributed by atoms with Crippen molar-refractivity contribution in [1.29, 1.82) is 0 Å². The number of benzene rings is 2. The molecular formula is C23H24N2O4. The number of esters is 1. The lowest BCUT2D eigenvalue weighted by Crippen LogP contribution is -2.35. The van der Waals surface area contributed by atoms with E-state index in [-0.39, 0.29) is 22.6 Å². The lowest BCUT2D eigenvalue weighted by molar-refractivity contribution is -0.384. The molecule has 0 spiro atoms. The number of hydrogen-bond donors (Lipinski definition) is 1. The van der Waals surface area contributed by atoms with Crippen molar-refractivity contribution in [1.82, 2.24) is 0 Å². The number of nitro benzene ring substituents is 1.